The van der Waals surface area contributed by atoms with Gasteiger partial charge in [0.1, 0.15) is 0 Å². The van der Waals surface area contributed by atoms with Crippen molar-refractivity contribution in [2.75, 3.05) is 39.4 Å². The highest BCUT2D eigenvalue weighted by Crippen LogP contribution is 1.99. The zero-order valence-corrected chi connectivity index (χ0v) is 10.3. The Bertz CT molecular complexity index is 323. The lowest BCUT2D eigenvalue weighted by atomic mass is 10.4. The summed E-state index contributed by atoms with van der Waals surface area (Å²) in [7, 11) is 0. The molecule has 0 atom stereocenters. The minimum Gasteiger partial charge on any atom is -1.00 e. The normalized spacial score (nSPS) is 16.2. The molecule has 17 heavy (non-hydrogen) atoms. The molecule has 1 N–H and O–H groups in total. The molecule has 1 saturated heterocycles. The molecule has 0 saturated carbocycles. The summed E-state index contributed by atoms with van der Waals surface area (Å²) in [6.07, 6.45) is 1.50. The first-order chi connectivity index (χ1) is 7.86. The standard InChI is InChI=1S/C11H16N2O3.ClH/c14-11(10-2-1-7-16-10)12-3-4-13-5-8-15-9-6-13;/h1-2,7H,3-6,8-9H2,(H,12,14);1H/p-1. The molecule has 2 heterocycles. The van der Waals surface area contributed by atoms with Crippen molar-refractivity contribution in [2.45, 2.75) is 0 Å². The number of ether oxygens (including phenoxy) is 1. The van der Waals surface area contributed by atoms with Gasteiger partial charge in [-0.3, -0.25) is 9.69 Å². The first-order valence-electron chi connectivity index (χ1n) is 5.48. The number of carbonyl (C=O) groups excluding carboxylic acids is 1. The van der Waals surface area contributed by atoms with E-state index in [-0.39, 0.29) is 18.3 Å². The van der Waals surface area contributed by atoms with Crippen LogP contribution in [-0.2, 0) is 4.74 Å². The van der Waals surface area contributed by atoms with Crippen molar-refractivity contribution in [1.29, 1.82) is 0 Å². The fraction of sp³-hybridized carbons (Fsp3) is 0.545. The van der Waals surface area contributed by atoms with E-state index in [1.165, 1.54) is 6.26 Å². The van der Waals surface area contributed by atoms with E-state index in [9.17, 15) is 4.79 Å². The lowest BCUT2D eigenvalue weighted by Gasteiger charge is -2.26. The number of hydrogen-bond donors (Lipinski definition) is 1. The third kappa shape index (κ3) is 4.38. The molecule has 1 amide bonds. The average molecular weight is 260 g/mol. The molecule has 1 aromatic rings. The third-order valence-corrected chi connectivity index (χ3v) is 2.56. The van der Waals surface area contributed by atoms with Crippen LogP contribution >= 0.6 is 0 Å². The van der Waals surface area contributed by atoms with Crippen LogP contribution in [0.5, 0.6) is 0 Å². The van der Waals surface area contributed by atoms with Crippen molar-refractivity contribution in [3.05, 3.63) is 24.2 Å². The van der Waals surface area contributed by atoms with Crippen LogP contribution in [0.4, 0.5) is 0 Å². The summed E-state index contributed by atoms with van der Waals surface area (Å²) < 4.78 is 10.2. The molecule has 2 rings (SSSR count). The van der Waals surface area contributed by atoms with Gasteiger partial charge in [0, 0.05) is 26.2 Å². The van der Waals surface area contributed by atoms with Gasteiger partial charge in [0.2, 0.25) is 0 Å². The van der Waals surface area contributed by atoms with Gasteiger partial charge in [0.15, 0.2) is 5.76 Å². The molecule has 96 valence electrons. The molecule has 0 radical (unpaired) electrons. The number of carbonyl (C=O) groups is 1. The summed E-state index contributed by atoms with van der Waals surface area (Å²) in [4.78, 5) is 13.8. The molecule has 1 fully saturated rings. The lowest BCUT2D eigenvalue weighted by molar-refractivity contribution is -0.0000140. The van der Waals surface area contributed by atoms with E-state index >= 15 is 0 Å². The Kier molecular flexibility index (Phi) is 6.04. The molecule has 1 aliphatic heterocycles. The number of furan rings is 1. The average Bonchev–Trinajstić information content (AvgIpc) is 2.84. The Morgan fingerprint density at radius 1 is 1.41 bits per heavy atom. The molecular formula is C11H16ClN2O3-. The number of rotatable bonds is 4. The van der Waals surface area contributed by atoms with Gasteiger partial charge in [0.05, 0.1) is 19.5 Å². The van der Waals surface area contributed by atoms with Gasteiger partial charge in [0.25, 0.3) is 5.91 Å². The van der Waals surface area contributed by atoms with E-state index in [0.29, 0.717) is 12.3 Å². The molecule has 0 bridgehead atoms. The van der Waals surface area contributed by atoms with E-state index in [4.69, 9.17) is 9.15 Å². The van der Waals surface area contributed by atoms with Crippen LogP contribution in [0, 0.1) is 0 Å². The second-order valence-electron chi connectivity index (χ2n) is 3.69. The highest BCUT2D eigenvalue weighted by Gasteiger charge is 2.11. The number of amides is 1. The van der Waals surface area contributed by atoms with Crippen LogP contribution in [-0.4, -0.2) is 50.2 Å². The molecule has 5 nitrogen and oxygen atoms in total. The highest BCUT2D eigenvalue weighted by molar-refractivity contribution is 5.91. The molecule has 0 unspecified atom stereocenters. The van der Waals surface area contributed by atoms with Crippen LogP contribution in [0.2, 0.25) is 0 Å². The molecule has 6 heteroatoms. The van der Waals surface area contributed by atoms with Crippen LogP contribution in [0.1, 0.15) is 10.6 Å². The Labute approximate surface area is 107 Å². The molecule has 0 aliphatic carbocycles. The van der Waals surface area contributed by atoms with E-state index in [2.05, 4.69) is 10.2 Å². The summed E-state index contributed by atoms with van der Waals surface area (Å²) in [6.45, 7) is 4.95. The highest BCUT2D eigenvalue weighted by atomic mass is 35.5. The molecule has 1 aliphatic rings. The van der Waals surface area contributed by atoms with Gasteiger partial charge in [-0.05, 0) is 12.1 Å². The molecular weight excluding hydrogens is 244 g/mol. The zero-order valence-electron chi connectivity index (χ0n) is 9.52. The van der Waals surface area contributed by atoms with Crippen LogP contribution < -0.4 is 17.7 Å². The first kappa shape index (κ1) is 14.0. The number of nitrogens with one attached hydrogen (secondary N) is 1. The number of morpholine rings is 1. The first-order valence-corrected chi connectivity index (χ1v) is 5.48. The molecule has 0 spiro atoms. The van der Waals surface area contributed by atoms with Gasteiger partial charge in [-0.1, -0.05) is 0 Å². The molecule has 1 aromatic heterocycles. The summed E-state index contributed by atoms with van der Waals surface area (Å²) in [5.74, 6) is 0.209. The minimum atomic E-state index is -0.154. The van der Waals surface area contributed by atoms with E-state index in [0.717, 1.165) is 32.8 Å². The lowest BCUT2D eigenvalue weighted by Crippen LogP contribution is -3.00. The zero-order chi connectivity index (χ0) is 11.2. The summed E-state index contributed by atoms with van der Waals surface area (Å²) >= 11 is 0. The summed E-state index contributed by atoms with van der Waals surface area (Å²) in [5, 5.41) is 2.82. The van der Waals surface area contributed by atoms with Crippen molar-refractivity contribution in [2.24, 2.45) is 0 Å². The second-order valence-corrected chi connectivity index (χ2v) is 3.69. The molecule has 0 aromatic carbocycles. The largest absolute Gasteiger partial charge is 1.00 e. The van der Waals surface area contributed by atoms with E-state index < -0.39 is 0 Å². The topological polar surface area (TPSA) is 54.7 Å². The van der Waals surface area contributed by atoms with Gasteiger partial charge < -0.3 is 26.9 Å². The quantitative estimate of drug-likeness (QED) is 0.642. The van der Waals surface area contributed by atoms with E-state index in [1.54, 1.807) is 12.1 Å². The number of nitrogens with zero attached hydrogens (tertiary/aromatic N) is 1. The summed E-state index contributed by atoms with van der Waals surface area (Å²) in [6, 6.07) is 3.36. The Morgan fingerprint density at radius 2 is 2.18 bits per heavy atom. The number of halogens is 1. The van der Waals surface area contributed by atoms with Crippen molar-refractivity contribution in [3.63, 3.8) is 0 Å². The third-order valence-electron chi connectivity index (χ3n) is 2.56. The Morgan fingerprint density at radius 3 is 2.82 bits per heavy atom. The van der Waals surface area contributed by atoms with E-state index in [1.807, 2.05) is 0 Å². The van der Waals surface area contributed by atoms with Crippen LogP contribution in [0.25, 0.3) is 0 Å². The maximum atomic E-state index is 11.5. The maximum absolute atomic E-state index is 11.5. The minimum absolute atomic E-state index is 0. The monoisotopic (exact) mass is 259 g/mol. The van der Waals surface area contributed by atoms with Gasteiger partial charge in [-0.2, -0.15) is 0 Å². The van der Waals surface area contributed by atoms with Crippen molar-refractivity contribution in [1.82, 2.24) is 10.2 Å². The Hall–Kier alpha value is -1.04. The second kappa shape index (κ2) is 7.32. The van der Waals surface area contributed by atoms with Gasteiger partial charge >= 0.3 is 0 Å². The van der Waals surface area contributed by atoms with Crippen molar-refractivity contribution < 1.29 is 26.4 Å². The smallest absolute Gasteiger partial charge is 0.287 e. The van der Waals surface area contributed by atoms with Crippen molar-refractivity contribution in [3.8, 4) is 0 Å². The number of hydrogen-bond acceptors (Lipinski definition) is 4. The fourth-order valence-electron chi connectivity index (χ4n) is 1.65. The predicted octanol–water partition coefficient (Wildman–Crippen LogP) is -2.65. The fourth-order valence-corrected chi connectivity index (χ4v) is 1.65. The van der Waals surface area contributed by atoms with Crippen molar-refractivity contribution >= 4 is 5.91 Å². The Balaban J connectivity index is 0.00000144. The van der Waals surface area contributed by atoms with Crippen LogP contribution in [0.15, 0.2) is 22.8 Å². The predicted molar refractivity (Wildman–Crippen MR) is 58.3 cm³/mol. The maximum Gasteiger partial charge on any atom is 0.287 e. The SMILES string of the molecule is O=C(NCCN1CCOCC1)c1ccco1.[Cl-]. The van der Waals surface area contributed by atoms with Crippen LogP contribution in [0.3, 0.4) is 0 Å². The van der Waals surface area contributed by atoms with Gasteiger partial charge in [-0.25, -0.2) is 0 Å². The van der Waals surface area contributed by atoms with Gasteiger partial charge in [-0.15, -0.1) is 0 Å². The summed E-state index contributed by atoms with van der Waals surface area (Å²) in [5.41, 5.74) is 0.